The van der Waals surface area contributed by atoms with Gasteiger partial charge in [0.05, 0.1) is 5.25 Å². The Labute approximate surface area is 113 Å². The van der Waals surface area contributed by atoms with Crippen LogP contribution >= 0.6 is 11.8 Å². The van der Waals surface area contributed by atoms with Crippen LogP contribution in [-0.2, 0) is 10.0 Å². The number of hydrogen-bond donors (Lipinski definition) is 2. The molecule has 1 heterocycles. The Morgan fingerprint density at radius 2 is 1.83 bits per heavy atom. The first kappa shape index (κ1) is 13.7. The van der Waals surface area contributed by atoms with Gasteiger partial charge in [0.2, 0.25) is 10.0 Å². The van der Waals surface area contributed by atoms with Crippen LogP contribution in [0, 0.1) is 0 Å². The van der Waals surface area contributed by atoms with E-state index in [1.165, 1.54) is 0 Å². The van der Waals surface area contributed by atoms with E-state index in [0.717, 1.165) is 18.0 Å². The van der Waals surface area contributed by atoms with Crippen molar-refractivity contribution in [1.82, 2.24) is 5.32 Å². The second-order valence-corrected chi connectivity index (χ2v) is 7.17. The average Bonchev–Trinajstić information content (AvgIpc) is 2.40. The highest BCUT2D eigenvalue weighted by Crippen LogP contribution is 2.21. The molecule has 0 radical (unpaired) electrons. The Balaban J connectivity index is 2.06. The van der Waals surface area contributed by atoms with Gasteiger partial charge in [-0.15, -0.1) is 11.8 Å². The fourth-order valence-electron chi connectivity index (χ4n) is 2.01. The molecule has 0 atom stereocenters. The summed E-state index contributed by atoms with van der Waals surface area (Å²) in [5.41, 5.74) is 0.645. The van der Waals surface area contributed by atoms with Gasteiger partial charge in [-0.25, -0.2) is 8.42 Å². The quantitative estimate of drug-likeness (QED) is 0.830. The van der Waals surface area contributed by atoms with Crippen molar-refractivity contribution in [3.8, 4) is 0 Å². The summed E-state index contributed by atoms with van der Waals surface area (Å²) < 4.78 is 27.0. The molecule has 1 aliphatic rings. The lowest BCUT2D eigenvalue weighted by Gasteiger charge is -2.23. The van der Waals surface area contributed by atoms with Crippen LogP contribution in [-0.4, -0.2) is 33.0 Å². The third-order valence-corrected chi connectivity index (χ3v) is 5.69. The van der Waals surface area contributed by atoms with Gasteiger partial charge in [0, 0.05) is 10.6 Å². The first-order valence-corrected chi connectivity index (χ1v) is 8.75. The second kappa shape index (κ2) is 5.95. The van der Waals surface area contributed by atoms with E-state index in [1.807, 2.05) is 30.5 Å². The Kier molecular flexibility index (Phi) is 4.53. The van der Waals surface area contributed by atoms with Gasteiger partial charge in [-0.3, -0.25) is 4.72 Å². The Bertz CT molecular complexity index is 479. The predicted octanol–water partition coefficient (Wildman–Crippen LogP) is 1.90. The van der Waals surface area contributed by atoms with Crippen molar-refractivity contribution >= 4 is 27.5 Å². The Morgan fingerprint density at radius 1 is 1.22 bits per heavy atom. The van der Waals surface area contributed by atoms with Gasteiger partial charge in [-0.05, 0) is 56.5 Å². The number of sulfonamides is 1. The zero-order valence-electron chi connectivity index (χ0n) is 10.3. The maximum Gasteiger partial charge on any atom is 0.235 e. The van der Waals surface area contributed by atoms with Gasteiger partial charge >= 0.3 is 0 Å². The third-order valence-electron chi connectivity index (χ3n) is 3.08. The van der Waals surface area contributed by atoms with Crippen LogP contribution in [0.3, 0.4) is 0 Å². The van der Waals surface area contributed by atoms with Crippen molar-refractivity contribution in [2.24, 2.45) is 0 Å². The topological polar surface area (TPSA) is 58.2 Å². The van der Waals surface area contributed by atoms with E-state index in [0.29, 0.717) is 18.5 Å². The van der Waals surface area contributed by atoms with Gasteiger partial charge in [0.1, 0.15) is 0 Å². The predicted molar refractivity (Wildman–Crippen MR) is 76.7 cm³/mol. The van der Waals surface area contributed by atoms with Crippen LogP contribution in [0.4, 0.5) is 5.69 Å². The second-order valence-electron chi connectivity index (χ2n) is 4.32. The summed E-state index contributed by atoms with van der Waals surface area (Å²) >= 11 is 1.64. The molecule has 0 unspecified atom stereocenters. The lowest BCUT2D eigenvalue weighted by atomic mass is 10.2. The lowest BCUT2D eigenvalue weighted by Crippen LogP contribution is -2.38. The molecule has 6 heteroatoms. The molecular formula is C12H18N2O2S2. The van der Waals surface area contributed by atoms with E-state index in [-0.39, 0.29) is 5.25 Å². The number of anilines is 1. The molecule has 0 aromatic heterocycles. The SMILES string of the molecule is CSc1ccc(NS(=O)(=O)C2CCNCC2)cc1. The third kappa shape index (κ3) is 3.40. The maximum absolute atomic E-state index is 12.2. The molecule has 0 saturated carbocycles. The number of nitrogens with one attached hydrogen (secondary N) is 2. The summed E-state index contributed by atoms with van der Waals surface area (Å²) in [5, 5.41) is 2.89. The zero-order chi connectivity index (χ0) is 13.0. The minimum Gasteiger partial charge on any atom is -0.317 e. The number of thioether (sulfide) groups is 1. The van der Waals surface area contributed by atoms with E-state index in [4.69, 9.17) is 0 Å². The highest BCUT2D eigenvalue weighted by molar-refractivity contribution is 7.98. The molecule has 1 saturated heterocycles. The molecule has 1 fully saturated rings. The van der Waals surface area contributed by atoms with Crippen molar-refractivity contribution in [3.05, 3.63) is 24.3 Å². The number of piperidine rings is 1. The summed E-state index contributed by atoms with van der Waals surface area (Å²) in [6.07, 6.45) is 3.35. The fourth-order valence-corrected chi connectivity index (χ4v) is 3.91. The van der Waals surface area contributed by atoms with Gasteiger partial charge in [0.25, 0.3) is 0 Å². The van der Waals surface area contributed by atoms with Crippen LogP contribution < -0.4 is 10.0 Å². The zero-order valence-corrected chi connectivity index (χ0v) is 12.0. The van der Waals surface area contributed by atoms with E-state index in [1.54, 1.807) is 11.8 Å². The molecule has 2 rings (SSSR count). The fraction of sp³-hybridized carbons (Fsp3) is 0.500. The lowest BCUT2D eigenvalue weighted by molar-refractivity contribution is 0.499. The molecule has 4 nitrogen and oxygen atoms in total. The minimum absolute atomic E-state index is 0.279. The molecule has 2 N–H and O–H groups in total. The average molecular weight is 286 g/mol. The van der Waals surface area contributed by atoms with Crippen molar-refractivity contribution in [2.45, 2.75) is 23.0 Å². The highest BCUT2D eigenvalue weighted by atomic mass is 32.2. The van der Waals surface area contributed by atoms with Gasteiger partial charge in [-0.1, -0.05) is 0 Å². The molecule has 0 spiro atoms. The van der Waals surface area contributed by atoms with Crippen LogP contribution in [0.25, 0.3) is 0 Å². The number of hydrogen-bond acceptors (Lipinski definition) is 4. The molecule has 18 heavy (non-hydrogen) atoms. The smallest absolute Gasteiger partial charge is 0.235 e. The van der Waals surface area contributed by atoms with Crippen LogP contribution in [0.2, 0.25) is 0 Å². The van der Waals surface area contributed by atoms with Crippen molar-refractivity contribution in [2.75, 3.05) is 24.1 Å². The van der Waals surface area contributed by atoms with Crippen LogP contribution in [0.5, 0.6) is 0 Å². The maximum atomic E-state index is 12.2. The number of benzene rings is 1. The molecule has 100 valence electrons. The van der Waals surface area contributed by atoms with Gasteiger partial charge < -0.3 is 5.32 Å². The summed E-state index contributed by atoms with van der Waals surface area (Å²) in [5.74, 6) is 0. The largest absolute Gasteiger partial charge is 0.317 e. The van der Waals surface area contributed by atoms with E-state index < -0.39 is 10.0 Å². The normalized spacial score (nSPS) is 17.6. The Hall–Kier alpha value is -0.720. The standard InChI is InChI=1S/C12H18N2O2S2/c1-17-11-4-2-10(3-5-11)14-18(15,16)12-6-8-13-9-7-12/h2-5,12-14H,6-9H2,1H3. The number of rotatable bonds is 4. The van der Waals surface area contributed by atoms with Gasteiger partial charge in [0.15, 0.2) is 0 Å². The first-order chi connectivity index (χ1) is 8.62. The van der Waals surface area contributed by atoms with Crippen molar-refractivity contribution in [1.29, 1.82) is 0 Å². The summed E-state index contributed by atoms with van der Waals surface area (Å²) in [7, 11) is -3.25. The molecule has 0 bridgehead atoms. The summed E-state index contributed by atoms with van der Waals surface area (Å²) in [6.45, 7) is 1.55. The monoisotopic (exact) mass is 286 g/mol. The molecule has 0 amide bonds. The van der Waals surface area contributed by atoms with Gasteiger partial charge in [-0.2, -0.15) is 0 Å². The first-order valence-electron chi connectivity index (χ1n) is 5.98. The molecule has 0 aliphatic carbocycles. The van der Waals surface area contributed by atoms with Crippen LogP contribution in [0.1, 0.15) is 12.8 Å². The highest BCUT2D eigenvalue weighted by Gasteiger charge is 2.26. The molecule has 1 aromatic rings. The van der Waals surface area contributed by atoms with Crippen molar-refractivity contribution < 1.29 is 8.42 Å². The summed E-state index contributed by atoms with van der Waals surface area (Å²) in [4.78, 5) is 1.12. The van der Waals surface area contributed by atoms with Crippen molar-refractivity contribution in [3.63, 3.8) is 0 Å². The summed E-state index contributed by atoms with van der Waals surface area (Å²) in [6, 6.07) is 7.46. The van der Waals surface area contributed by atoms with Crippen LogP contribution in [0.15, 0.2) is 29.2 Å². The van der Waals surface area contributed by atoms with E-state index in [2.05, 4.69) is 10.0 Å². The molecular weight excluding hydrogens is 268 g/mol. The van der Waals surface area contributed by atoms with E-state index in [9.17, 15) is 8.42 Å². The molecule has 1 aromatic carbocycles. The molecule has 1 aliphatic heterocycles. The Morgan fingerprint density at radius 3 is 2.39 bits per heavy atom. The minimum atomic E-state index is -3.25. The van der Waals surface area contributed by atoms with E-state index >= 15 is 0 Å².